The van der Waals surface area contributed by atoms with Gasteiger partial charge in [0.2, 0.25) is 5.91 Å². The molecule has 1 fully saturated rings. The van der Waals surface area contributed by atoms with Crippen molar-refractivity contribution in [2.75, 3.05) is 5.32 Å². The maximum atomic E-state index is 12.8. The summed E-state index contributed by atoms with van der Waals surface area (Å²) in [5.41, 5.74) is 1.28. The quantitative estimate of drug-likeness (QED) is 0.633. The van der Waals surface area contributed by atoms with Crippen LogP contribution in [0.4, 0.5) is 10.5 Å². The van der Waals surface area contributed by atoms with E-state index in [-0.39, 0.29) is 17.9 Å². The number of hydrogen-bond acceptors (Lipinski definition) is 4. The van der Waals surface area contributed by atoms with E-state index in [9.17, 15) is 14.4 Å². The largest absolute Gasteiger partial charge is 0.444 e. The van der Waals surface area contributed by atoms with Crippen LogP contribution in [0.25, 0.3) is 0 Å². The predicted molar refractivity (Wildman–Crippen MR) is 119 cm³/mol. The van der Waals surface area contributed by atoms with Crippen LogP contribution in [-0.2, 0) is 16.0 Å². The van der Waals surface area contributed by atoms with Gasteiger partial charge in [-0.05, 0) is 63.4 Å². The first-order valence-corrected chi connectivity index (χ1v) is 10.4. The summed E-state index contributed by atoms with van der Waals surface area (Å²) in [5.74, 6) is -0.529. The van der Waals surface area contributed by atoms with E-state index in [1.807, 2.05) is 30.3 Å². The average Bonchev–Trinajstić information content (AvgIpc) is 3.51. The van der Waals surface area contributed by atoms with Gasteiger partial charge >= 0.3 is 6.09 Å². The van der Waals surface area contributed by atoms with Crippen molar-refractivity contribution in [1.29, 1.82) is 0 Å². The van der Waals surface area contributed by atoms with Crippen molar-refractivity contribution in [2.24, 2.45) is 0 Å². The van der Waals surface area contributed by atoms with Crippen molar-refractivity contribution < 1.29 is 19.1 Å². The van der Waals surface area contributed by atoms with Crippen LogP contribution in [0.3, 0.4) is 0 Å². The maximum Gasteiger partial charge on any atom is 0.412 e. The molecule has 31 heavy (non-hydrogen) atoms. The van der Waals surface area contributed by atoms with E-state index < -0.39 is 17.7 Å². The third kappa shape index (κ3) is 7.44. The Morgan fingerprint density at radius 1 is 1.00 bits per heavy atom. The van der Waals surface area contributed by atoms with Gasteiger partial charge in [0.05, 0.1) is 0 Å². The van der Waals surface area contributed by atoms with Gasteiger partial charge < -0.3 is 15.4 Å². The molecule has 7 heteroatoms. The minimum Gasteiger partial charge on any atom is -0.444 e. The average molecular weight is 424 g/mol. The third-order valence-electron chi connectivity index (χ3n) is 4.62. The van der Waals surface area contributed by atoms with Crippen molar-refractivity contribution in [3.05, 3.63) is 65.7 Å². The van der Waals surface area contributed by atoms with Gasteiger partial charge in [-0.15, -0.1) is 0 Å². The van der Waals surface area contributed by atoms with Crippen molar-refractivity contribution in [3.8, 4) is 0 Å². The molecule has 7 nitrogen and oxygen atoms in total. The highest BCUT2D eigenvalue weighted by atomic mass is 16.6. The lowest BCUT2D eigenvalue weighted by atomic mass is 10.0. The summed E-state index contributed by atoms with van der Waals surface area (Å²) in [7, 11) is 0. The molecule has 1 atom stereocenters. The molecule has 164 valence electrons. The summed E-state index contributed by atoms with van der Waals surface area (Å²) in [6.45, 7) is 5.35. The zero-order chi connectivity index (χ0) is 22.4. The fraction of sp³-hybridized carbons (Fsp3) is 0.375. The fourth-order valence-corrected chi connectivity index (χ4v) is 2.96. The van der Waals surface area contributed by atoms with Crippen LogP contribution in [0.2, 0.25) is 0 Å². The number of carbonyl (C=O) groups is 3. The molecule has 1 saturated carbocycles. The molecule has 0 aliphatic heterocycles. The summed E-state index contributed by atoms with van der Waals surface area (Å²) >= 11 is 0. The van der Waals surface area contributed by atoms with Gasteiger partial charge in [-0.1, -0.05) is 30.3 Å². The molecule has 1 unspecified atom stereocenters. The Labute approximate surface area is 182 Å². The number of nitrogens with one attached hydrogen (secondary N) is 3. The van der Waals surface area contributed by atoms with E-state index in [0.717, 1.165) is 18.4 Å². The van der Waals surface area contributed by atoms with E-state index in [1.54, 1.807) is 45.0 Å². The number of amides is 3. The fourth-order valence-electron chi connectivity index (χ4n) is 2.96. The van der Waals surface area contributed by atoms with Crippen LogP contribution in [0.15, 0.2) is 54.6 Å². The van der Waals surface area contributed by atoms with E-state index in [2.05, 4.69) is 16.0 Å². The minimum atomic E-state index is -0.671. The molecule has 2 aromatic carbocycles. The number of rotatable bonds is 7. The Morgan fingerprint density at radius 3 is 2.23 bits per heavy atom. The zero-order valence-corrected chi connectivity index (χ0v) is 18.1. The lowest BCUT2D eigenvalue weighted by Crippen LogP contribution is -2.48. The highest BCUT2D eigenvalue weighted by Crippen LogP contribution is 2.19. The first-order chi connectivity index (χ1) is 14.7. The summed E-state index contributed by atoms with van der Waals surface area (Å²) in [6.07, 6.45) is 1.79. The number of hydrogen-bond donors (Lipinski definition) is 3. The van der Waals surface area contributed by atoms with Gasteiger partial charge in [0.15, 0.2) is 0 Å². The molecular weight excluding hydrogens is 394 g/mol. The molecule has 0 aromatic heterocycles. The molecule has 3 amide bonds. The topological polar surface area (TPSA) is 96.5 Å². The second-order valence-corrected chi connectivity index (χ2v) is 8.70. The van der Waals surface area contributed by atoms with Gasteiger partial charge in [0.25, 0.3) is 5.91 Å². The van der Waals surface area contributed by atoms with Crippen LogP contribution in [0, 0.1) is 0 Å². The molecule has 3 N–H and O–H groups in total. The first kappa shape index (κ1) is 22.3. The maximum absolute atomic E-state index is 12.8. The Bertz CT molecular complexity index is 916. The number of benzene rings is 2. The lowest BCUT2D eigenvalue weighted by molar-refractivity contribution is -0.123. The highest BCUT2D eigenvalue weighted by molar-refractivity contribution is 5.98. The Balaban J connectivity index is 1.63. The summed E-state index contributed by atoms with van der Waals surface area (Å²) in [4.78, 5) is 37.3. The minimum absolute atomic E-state index is 0.178. The van der Waals surface area contributed by atoms with Gasteiger partial charge in [-0.25, -0.2) is 4.79 Å². The molecule has 1 aliphatic carbocycles. The van der Waals surface area contributed by atoms with Crippen molar-refractivity contribution in [1.82, 2.24) is 10.6 Å². The van der Waals surface area contributed by atoms with Gasteiger partial charge in [0, 0.05) is 23.7 Å². The van der Waals surface area contributed by atoms with Crippen molar-refractivity contribution >= 4 is 23.6 Å². The molecule has 1 aliphatic rings. The third-order valence-corrected chi connectivity index (χ3v) is 4.62. The van der Waals surface area contributed by atoms with Gasteiger partial charge in [-0.2, -0.15) is 0 Å². The number of ether oxygens (including phenoxy) is 1. The molecule has 0 heterocycles. The first-order valence-electron chi connectivity index (χ1n) is 10.4. The monoisotopic (exact) mass is 423 g/mol. The zero-order valence-electron chi connectivity index (χ0n) is 18.1. The summed E-state index contributed by atoms with van der Waals surface area (Å²) in [5, 5.41) is 8.44. The Kier molecular flexibility index (Phi) is 6.95. The number of carbonyl (C=O) groups excluding carboxylic acids is 3. The molecule has 0 bridgehead atoms. The molecule has 3 rings (SSSR count). The van der Waals surface area contributed by atoms with Crippen molar-refractivity contribution in [3.63, 3.8) is 0 Å². The summed E-state index contributed by atoms with van der Waals surface area (Å²) < 4.78 is 5.22. The smallest absolute Gasteiger partial charge is 0.412 e. The second kappa shape index (κ2) is 9.64. The van der Waals surface area contributed by atoms with Crippen LogP contribution in [0.5, 0.6) is 0 Å². The standard InChI is InChI=1S/C24H29N3O4/c1-24(2,3)31-23(30)26-19-11-9-17(10-12-19)21(28)27-20(22(29)25-18-13-14-18)15-16-7-5-4-6-8-16/h4-12,18,20H,13-15H2,1-3H3,(H,25,29)(H,26,30)(H,27,28). The number of anilines is 1. The van der Waals surface area contributed by atoms with Crippen LogP contribution in [-0.4, -0.2) is 35.6 Å². The van der Waals surface area contributed by atoms with E-state index in [1.165, 1.54) is 0 Å². The van der Waals surface area contributed by atoms with Crippen LogP contribution < -0.4 is 16.0 Å². The van der Waals surface area contributed by atoms with E-state index in [0.29, 0.717) is 17.7 Å². The van der Waals surface area contributed by atoms with E-state index in [4.69, 9.17) is 4.74 Å². The molecule has 0 radical (unpaired) electrons. The van der Waals surface area contributed by atoms with Crippen LogP contribution in [0.1, 0.15) is 49.5 Å². The van der Waals surface area contributed by atoms with Gasteiger partial charge in [0.1, 0.15) is 11.6 Å². The van der Waals surface area contributed by atoms with E-state index >= 15 is 0 Å². The molecular formula is C24H29N3O4. The molecule has 0 spiro atoms. The highest BCUT2D eigenvalue weighted by Gasteiger charge is 2.28. The second-order valence-electron chi connectivity index (χ2n) is 8.70. The summed E-state index contributed by atoms with van der Waals surface area (Å²) in [6, 6.07) is 15.6. The lowest BCUT2D eigenvalue weighted by Gasteiger charge is -2.20. The van der Waals surface area contributed by atoms with Gasteiger partial charge in [-0.3, -0.25) is 14.9 Å². The van der Waals surface area contributed by atoms with Crippen LogP contribution >= 0.6 is 0 Å². The SMILES string of the molecule is CC(C)(C)OC(=O)Nc1ccc(C(=O)NC(Cc2ccccc2)C(=O)NC2CC2)cc1. The Hall–Kier alpha value is -3.35. The normalized spacial score (nSPS) is 14.3. The van der Waals surface area contributed by atoms with Crippen molar-refractivity contribution in [2.45, 2.75) is 57.7 Å². The Morgan fingerprint density at radius 2 is 1.65 bits per heavy atom. The molecule has 0 saturated heterocycles. The predicted octanol–water partition coefficient (Wildman–Crippen LogP) is 3.65. The molecule has 2 aromatic rings.